The molecule has 1 heterocycles. The quantitative estimate of drug-likeness (QED) is 0.629. The van der Waals surface area contributed by atoms with Gasteiger partial charge >= 0.3 is 0 Å². The lowest BCUT2D eigenvalue weighted by Crippen LogP contribution is -2.19. The van der Waals surface area contributed by atoms with Crippen molar-refractivity contribution in [2.24, 2.45) is 0 Å². The molecule has 64 valence electrons. The van der Waals surface area contributed by atoms with Crippen LogP contribution in [0.25, 0.3) is 6.20 Å². The molecule has 0 aliphatic heterocycles. The van der Waals surface area contributed by atoms with Gasteiger partial charge in [0.1, 0.15) is 0 Å². The van der Waals surface area contributed by atoms with Crippen molar-refractivity contribution in [3.05, 3.63) is 31.6 Å². The molecule has 0 saturated heterocycles. The highest BCUT2D eigenvalue weighted by molar-refractivity contribution is 5.39. The van der Waals surface area contributed by atoms with Crippen molar-refractivity contribution >= 4 is 12.1 Å². The van der Waals surface area contributed by atoms with Gasteiger partial charge in [0.05, 0.1) is 0 Å². The maximum absolute atomic E-state index is 4.18. The summed E-state index contributed by atoms with van der Waals surface area (Å²) in [6, 6.07) is 0. The minimum Gasteiger partial charge on any atom is -0.341 e. The number of hydrogen-bond donors (Lipinski definition) is 0. The van der Waals surface area contributed by atoms with Gasteiger partial charge in [0.15, 0.2) is 0 Å². The zero-order valence-corrected chi connectivity index (χ0v) is 7.27. The predicted molar refractivity (Wildman–Crippen MR) is 52.1 cm³/mol. The third-order valence-electron chi connectivity index (χ3n) is 1.59. The summed E-state index contributed by atoms with van der Waals surface area (Å²) in [6.07, 6.45) is 7.17. The van der Waals surface area contributed by atoms with Gasteiger partial charge in [0.25, 0.3) is 0 Å². The molecule has 0 aliphatic rings. The second-order valence-corrected chi connectivity index (χ2v) is 2.49. The van der Waals surface area contributed by atoms with Crippen LogP contribution in [0.5, 0.6) is 0 Å². The largest absolute Gasteiger partial charge is 0.341 e. The summed E-state index contributed by atoms with van der Waals surface area (Å²) in [5.41, 5.74) is 0. The highest BCUT2D eigenvalue weighted by Gasteiger charge is 2.03. The van der Waals surface area contributed by atoms with Gasteiger partial charge in [-0.3, -0.25) is 4.57 Å². The molecule has 3 heteroatoms. The molecule has 1 aromatic heterocycles. The van der Waals surface area contributed by atoms with E-state index < -0.39 is 0 Å². The van der Waals surface area contributed by atoms with Crippen molar-refractivity contribution in [2.45, 2.75) is 0 Å². The number of likely N-dealkylation sites (N-methyl/N-ethyl adjacent to an activating group) is 1. The summed E-state index contributed by atoms with van der Waals surface area (Å²) < 4.78 is 1.86. The third-order valence-corrected chi connectivity index (χ3v) is 1.59. The Hall–Kier alpha value is -1.51. The summed E-state index contributed by atoms with van der Waals surface area (Å²) in [6.45, 7) is 8.12. The van der Waals surface area contributed by atoms with Crippen LogP contribution in [0.2, 0.25) is 0 Å². The normalized spacial score (nSPS) is 9.42. The fraction of sp³-hybridized carbons (Fsp3) is 0.222. The second-order valence-electron chi connectivity index (χ2n) is 2.49. The molecule has 0 atom stereocenters. The Kier molecular flexibility index (Phi) is 2.69. The molecule has 0 radical (unpaired) electrons. The summed E-state index contributed by atoms with van der Waals surface area (Å²) in [4.78, 5) is 6.17. The molecule has 0 amide bonds. The fourth-order valence-electron chi connectivity index (χ4n) is 1.02. The molecular weight excluding hydrogens is 150 g/mol. The van der Waals surface area contributed by atoms with Gasteiger partial charge < -0.3 is 4.90 Å². The van der Waals surface area contributed by atoms with Crippen LogP contribution in [-0.4, -0.2) is 23.1 Å². The van der Waals surface area contributed by atoms with E-state index >= 15 is 0 Å². The summed E-state index contributed by atoms with van der Waals surface area (Å²) >= 11 is 0. The lowest BCUT2D eigenvalue weighted by Gasteiger charge is -2.15. The summed E-state index contributed by atoms with van der Waals surface area (Å²) in [7, 11) is 1.96. The van der Waals surface area contributed by atoms with E-state index in [9.17, 15) is 0 Å². The molecule has 3 nitrogen and oxygen atoms in total. The number of aromatic nitrogens is 2. The number of imidazole rings is 1. The topological polar surface area (TPSA) is 21.1 Å². The molecule has 0 bridgehead atoms. The molecule has 0 aliphatic carbocycles. The first-order chi connectivity index (χ1) is 5.79. The van der Waals surface area contributed by atoms with E-state index in [4.69, 9.17) is 0 Å². The van der Waals surface area contributed by atoms with E-state index in [2.05, 4.69) is 18.1 Å². The van der Waals surface area contributed by atoms with Gasteiger partial charge in [-0.25, -0.2) is 4.98 Å². The molecule has 0 unspecified atom stereocenters. The molecule has 0 fully saturated rings. The van der Waals surface area contributed by atoms with Crippen molar-refractivity contribution in [1.29, 1.82) is 0 Å². The average molecular weight is 163 g/mol. The molecular formula is C9H13N3. The Morgan fingerprint density at radius 2 is 2.42 bits per heavy atom. The highest BCUT2D eigenvalue weighted by Crippen LogP contribution is 2.08. The zero-order chi connectivity index (χ0) is 8.97. The minimum atomic E-state index is 0.783. The Bertz CT molecular complexity index is 275. The Balaban J connectivity index is 2.84. The number of hydrogen-bond acceptors (Lipinski definition) is 2. The van der Waals surface area contributed by atoms with Crippen LogP contribution in [0.4, 0.5) is 5.95 Å². The van der Waals surface area contributed by atoms with Crippen molar-refractivity contribution < 1.29 is 0 Å². The lowest BCUT2D eigenvalue weighted by atomic mass is 10.5. The molecule has 0 saturated carbocycles. The SMILES string of the molecule is C=CCN(C)c1nccn1C=C. The molecule has 1 aromatic rings. The van der Waals surface area contributed by atoms with Crippen molar-refractivity contribution in [2.75, 3.05) is 18.5 Å². The van der Waals surface area contributed by atoms with Crippen LogP contribution >= 0.6 is 0 Å². The second kappa shape index (κ2) is 3.76. The maximum Gasteiger partial charge on any atom is 0.209 e. The van der Waals surface area contributed by atoms with Gasteiger partial charge in [-0.05, 0) is 0 Å². The van der Waals surface area contributed by atoms with E-state index in [0.717, 1.165) is 12.5 Å². The van der Waals surface area contributed by atoms with Gasteiger partial charge in [0, 0.05) is 32.2 Å². The van der Waals surface area contributed by atoms with Gasteiger partial charge in [0.2, 0.25) is 5.95 Å². The van der Waals surface area contributed by atoms with Crippen LogP contribution in [0.1, 0.15) is 0 Å². The van der Waals surface area contributed by atoms with Crippen molar-refractivity contribution in [3.8, 4) is 0 Å². The first-order valence-corrected chi connectivity index (χ1v) is 3.77. The lowest BCUT2D eigenvalue weighted by molar-refractivity contribution is 0.933. The monoisotopic (exact) mass is 163 g/mol. The fourth-order valence-corrected chi connectivity index (χ4v) is 1.02. The van der Waals surface area contributed by atoms with Crippen LogP contribution in [0.3, 0.4) is 0 Å². The van der Waals surface area contributed by atoms with Crippen LogP contribution in [0, 0.1) is 0 Å². The number of nitrogens with zero attached hydrogens (tertiary/aromatic N) is 3. The van der Waals surface area contributed by atoms with Crippen molar-refractivity contribution in [1.82, 2.24) is 9.55 Å². The van der Waals surface area contributed by atoms with E-state index in [1.165, 1.54) is 0 Å². The standard InChI is InChI=1S/C9H13N3/c1-4-7-11(3)9-10-6-8-12(9)5-2/h4-6,8H,1-2,7H2,3H3. The van der Waals surface area contributed by atoms with Gasteiger partial charge in [-0.1, -0.05) is 12.7 Å². The summed E-state index contributed by atoms with van der Waals surface area (Å²) in [5, 5.41) is 0. The zero-order valence-electron chi connectivity index (χ0n) is 7.27. The minimum absolute atomic E-state index is 0.783. The van der Waals surface area contributed by atoms with Crippen molar-refractivity contribution in [3.63, 3.8) is 0 Å². The van der Waals surface area contributed by atoms with Crippen LogP contribution < -0.4 is 4.90 Å². The Morgan fingerprint density at radius 1 is 1.67 bits per heavy atom. The average Bonchev–Trinajstić information content (AvgIpc) is 2.51. The maximum atomic E-state index is 4.18. The molecule has 12 heavy (non-hydrogen) atoms. The number of anilines is 1. The first-order valence-electron chi connectivity index (χ1n) is 3.77. The molecule has 0 aromatic carbocycles. The van der Waals surface area contributed by atoms with E-state index in [0.29, 0.717) is 0 Å². The van der Waals surface area contributed by atoms with E-state index in [1.807, 2.05) is 28.8 Å². The van der Waals surface area contributed by atoms with E-state index in [-0.39, 0.29) is 0 Å². The molecule has 1 rings (SSSR count). The smallest absolute Gasteiger partial charge is 0.209 e. The van der Waals surface area contributed by atoms with Crippen LogP contribution in [-0.2, 0) is 0 Å². The van der Waals surface area contributed by atoms with Gasteiger partial charge in [-0.15, -0.1) is 6.58 Å². The number of rotatable bonds is 4. The highest BCUT2D eigenvalue weighted by atomic mass is 15.3. The Morgan fingerprint density at radius 3 is 3.00 bits per heavy atom. The first kappa shape index (κ1) is 8.59. The van der Waals surface area contributed by atoms with Crippen LogP contribution in [0.15, 0.2) is 31.6 Å². The molecule has 0 spiro atoms. The Labute approximate surface area is 72.6 Å². The predicted octanol–water partition coefficient (Wildman–Crippen LogP) is 1.61. The van der Waals surface area contributed by atoms with Gasteiger partial charge in [-0.2, -0.15) is 0 Å². The van der Waals surface area contributed by atoms with E-state index in [1.54, 1.807) is 12.4 Å². The molecule has 0 N–H and O–H groups in total. The third kappa shape index (κ3) is 1.56. The summed E-state index contributed by atoms with van der Waals surface area (Å²) in [5.74, 6) is 0.880.